The minimum absolute atomic E-state index is 0.0473. The van der Waals surface area contributed by atoms with E-state index in [9.17, 15) is 4.79 Å². The van der Waals surface area contributed by atoms with Gasteiger partial charge in [0.2, 0.25) is 5.89 Å². The SMILES string of the molecule is Cc1cc(C)cc(-c2nnc(SC(C)C(=O)c3c(C)[nH]c4ccccc34)o2)c1. The molecule has 0 aliphatic carbocycles. The third kappa shape index (κ3) is 3.47. The molecule has 0 aliphatic heterocycles. The van der Waals surface area contributed by atoms with Gasteiger partial charge in [-0.1, -0.05) is 47.2 Å². The first-order chi connectivity index (χ1) is 13.4. The Hall–Kier alpha value is -2.86. The lowest BCUT2D eigenvalue weighted by atomic mass is 10.1. The van der Waals surface area contributed by atoms with E-state index in [4.69, 9.17) is 4.42 Å². The van der Waals surface area contributed by atoms with E-state index in [2.05, 4.69) is 21.2 Å². The molecule has 2 aromatic heterocycles. The van der Waals surface area contributed by atoms with E-state index in [-0.39, 0.29) is 11.0 Å². The molecule has 6 heteroatoms. The first-order valence-corrected chi connectivity index (χ1v) is 10.0. The second-order valence-corrected chi connectivity index (χ2v) is 8.34. The number of aryl methyl sites for hydroxylation is 3. The van der Waals surface area contributed by atoms with Gasteiger partial charge in [0.25, 0.3) is 5.22 Å². The van der Waals surface area contributed by atoms with Crippen LogP contribution in [0.1, 0.15) is 34.1 Å². The first-order valence-electron chi connectivity index (χ1n) is 9.12. The Morgan fingerprint density at radius 2 is 1.79 bits per heavy atom. The molecule has 1 atom stereocenters. The van der Waals surface area contributed by atoms with E-state index in [0.717, 1.165) is 38.9 Å². The fourth-order valence-electron chi connectivity index (χ4n) is 3.47. The van der Waals surface area contributed by atoms with Crippen molar-refractivity contribution in [3.05, 3.63) is 64.8 Å². The molecule has 28 heavy (non-hydrogen) atoms. The van der Waals surface area contributed by atoms with Crippen molar-refractivity contribution in [1.82, 2.24) is 15.2 Å². The largest absolute Gasteiger partial charge is 0.411 e. The lowest BCUT2D eigenvalue weighted by Gasteiger charge is -2.07. The van der Waals surface area contributed by atoms with Crippen molar-refractivity contribution in [3.63, 3.8) is 0 Å². The summed E-state index contributed by atoms with van der Waals surface area (Å²) in [6, 6.07) is 14.0. The summed E-state index contributed by atoms with van der Waals surface area (Å²) in [6.45, 7) is 7.87. The van der Waals surface area contributed by atoms with Gasteiger partial charge in [0.05, 0.1) is 5.25 Å². The van der Waals surface area contributed by atoms with E-state index in [1.807, 2.05) is 64.1 Å². The molecule has 0 saturated heterocycles. The molecule has 0 aliphatic rings. The van der Waals surface area contributed by atoms with Crippen LogP contribution in [0.3, 0.4) is 0 Å². The van der Waals surface area contributed by atoms with E-state index in [1.54, 1.807) is 0 Å². The van der Waals surface area contributed by atoms with Gasteiger partial charge in [0, 0.05) is 27.7 Å². The van der Waals surface area contributed by atoms with Crippen LogP contribution in [-0.4, -0.2) is 26.2 Å². The van der Waals surface area contributed by atoms with Gasteiger partial charge < -0.3 is 9.40 Å². The summed E-state index contributed by atoms with van der Waals surface area (Å²) >= 11 is 1.29. The standard InChI is InChI=1S/C22H21N3O2S/c1-12-9-13(2)11-16(10-12)21-24-25-22(27-21)28-15(4)20(26)19-14(3)23-18-8-6-5-7-17(18)19/h5-11,15,23H,1-4H3. The molecule has 0 radical (unpaired) electrons. The Labute approximate surface area is 167 Å². The van der Waals surface area contributed by atoms with Gasteiger partial charge >= 0.3 is 0 Å². The number of thioether (sulfide) groups is 1. The molecule has 0 bridgehead atoms. The average Bonchev–Trinajstić information content (AvgIpc) is 3.23. The molecule has 2 aromatic carbocycles. The zero-order chi connectivity index (χ0) is 19.8. The third-order valence-corrected chi connectivity index (χ3v) is 5.60. The average molecular weight is 391 g/mol. The zero-order valence-corrected chi connectivity index (χ0v) is 17.1. The van der Waals surface area contributed by atoms with Crippen molar-refractivity contribution in [3.8, 4) is 11.5 Å². The number of hydrogen-bond acceptors (Lipinski definition) is 5. The van der Waals surface area contributed by atoms with Crippen molar-refractivity contribution in [2.75, 3.05) is 0 Å². The summed E-state index contributed by atoms with van der Waals surface area (Å²) in [5.41, 5.74) is 5.74. The van der Waals surface area contributed by atoms with Gasteiger partial charge in [-0.2, -0.15) is 0 Å². The second kappa shape index (κ2) is 7.28. The van der Waals surface area contributed by atoms with Crippen molar-refractivity contribution < 1.29 is 9.21 Å². The lowest BCUT2D eigenvalue weighted by molar-refractivity contribution is 0.0994. The van der Waals surface area contributed by atoms with E-state index in [1.165, 1.54) is 11.8 Å². The first kappa shape index (κ1) is 18.5. The highest BCUT2D eigenvalue weighted by molar-refractivity contribution is 8.00. The van der Waals surface area contributed by atoms with Crippen LogP contribution in [0.5, 0.6) is 0 Å². The predicted octanol–water partition coefficient (Wildman–Crippen LogP) is 5.51. The Morgan fingerprint density at radius 3 is 2.54 bits per heavy atom. The van der Waals surface area contributed by atoms with E-state index >= 15 is 0 Å². The Bertz CT molecular complexity index is 1160. The van der Waals surface area contributed by atoms with Crippen LogP contribution >= 0.6 is 11.8 Å². The van der Waals surface area contributed by atoms with Gasteiger partial charge in [-0.3, -0.25) is 4.79 Å². The topological polar surface area (TPSA) is 71.8 Å². The van der Waals surface area contributed by atoms with Crippen molar-refractivity contribution in [2.24, 2.45) is 0 Å². The molecule has 1 unspecified atom stereocenters. The Morgan fingerprint density at radius 1 is 1.07 bits per heavy atom. The molecule has 4 aromatic rings. The van der Waals surface area contributed by atoms with Crippen molar-refractivity contribution in [2.45, 2.75) is 38.2 Å². The van der Waals surface area contributed by atoms with Gasteiger partial charge in [0.1, 0.15) is 0 Å². The molecule has 4 rings (SSSR count). The van der Waals surface area contributed by atoms with Crippen LogP contribution in [-0.2, 0) is 0 Å². The fraction of sp³-hybridized carbons (Fsp3) is 0.227. The summed E-state index contributed by atoms with van der Waals surface area (Å²) in [5, 5.41) is 9.28. The summed E-state index contributed by atoms with van der Waals surface area (Å²) in [7, 11) is 0. The number of hydrogen-bond donors (Lipinski definition) is 1. The number of aromatic nitrogens is 3. The predicted molar refractivity (Wildman–Crippen MR) is 112 cm³/mol. The van der Waals surface area contributed by atoms with Gasteiger partial charge in [-0.05, 0) is 45.9 Å². The maximum absolute atomic E-state index is 13.1. The molecule has 0 amide bonds. The van der Waals surface area contributed by atoms with Gasteiger partial charge in [0.15, 0.2) is 5.78 Å². The van der Waals surface area contributed by atoms with Crippen LogP contribution in [0.15, 0.2) is 52.1 Å². The maximum Gasteiger partial charge on any atom is 0.277 e. The van der Waals surface area contributed by atoms with Crippen LogP contribution in [0.25, 0.3) is 22.4 Å². The number of fused-ring (bicyclic) bond motifs is 1. The molecule has 1 N–H and O–H groups in total. The second-order valence-electron chi connectivity index (χ2n) is 7.04. The lowest BCUT2D eigenvalue weighted by Crippen LogP contribution is -2.14. The number of ketones is 1. The number of nitrogens with zero attached hydrogens (tertiary/aromatic N) is 2. The maximum atomic E-state index is 13.1. The molecule has 2 heterocycles. The third-order valence-electron chi connectivity index (χ3n) is 4.66. The summed E-state index contributed by atoms with van der Waals surface area (Å²) in [5.74, 6) is 0.517. The number of carbonyl (C=O) groups excluding carboxylic acids is 1. The van der Waals surface area contributed by atoms with Crippen LogP contribution in [0.2, 0.25) is 0 Å². The highest BCUT2D eigenvalue weighted by Gasteiger charge is 2.24. The number of para-hydroxylation sites is 1. The summed E-state index contributed by atoms with van der Waals surface area (Å²) < 4.78 is 5.82. The van der Waals surface area contributed by atoms with Gasteiger partial charge in [-0.15, -0.1) is 10.2 Å². The molecular formula is C22H21N3O2S. The highest BCUT2D eigenvalue weighted by atomic mass is 32.2. The smallest absolute Gasteiger partial charge is 0.277 e. The minimum atomic E-state index is -0.342. The number of aromatic amines is 1. The van der Waals surface area contributed by atoms with Crippen LogP contribution < -0.4 is 0 Å². The number of rotatable bonds is 5. The quantitative estimate of drug-likeness (QED) is 0.359. The normalized spacial score (nSPS) is 12.4. The highest BCUT2D eigenvalue weighted by Crippen LogP contribution is 2.31. The van der Waals surface area contributed by atoms with E-state index in [0.29, 0.717) is 11.1 Å². The van der Waals surface area contributed by atoms with Crippen LogP contribution in [0.4, 0.5) is 0 Å². The zero-order valence-electron chi connectivity index (χ0n) is 16.2. The Kier molecular flexibility index (Phi) is 4.81. The molecular weight excluding hydrogens is 370 g/mol. The summed E-state index contributed by atoms with van der Waals surface area (Å²) in [6.07, 6.45) is 0. The Balaban J connectivity index is 1.57. The number of carbonyl (C=O) groups is 1. The number of benzene rings is 2. The van der Waals surface area contributed by atoms with Crippen molar-refractivity contribution >= 4 is 28.4 Å². The monoisotopic (exact) mass is 391 g/mol. The molecule has 5 nitrogen and oxygen atoms in total. The molecule has 142 valence electrons. The minimum Gasteiger partial charge on any atom is -0.411 e. The molecule has 0 saturated carbocycles. The summed E-state index contributed by atoms with van der Waals surface area (Å²) in [4.78, 5) is 16.4. The van der Waals surface area contributed by atoms with Gasteiger partial charge in [-0.25, -0.2) is 0 Å². The van der Waals surface area contributed by atoms with Crippen LogP contribution in [0, 0.1) is 20.8 Å². The molecule has 0 spiro atoms. The number of H-pyrrole nitrogens is 1. The van der Waals surface area contributed by atoms with E-state index < -0.39 is 0 Å². The van der Waals surface area contributed by atoms with Crippen molar-refractivity contribution in [1.29, 1.82) is 0 Å². The molecule has 0 fully saturated rings. The fourth-order valence-corrected chi connectivity index (χ4v) is 4.22. The number of Topliss-reactive ketones (excluding diaryl/α,β-unsaturated/α-hetero) is 1. The number of nitrogens with one attached hydrogen (secondary N) is 1.